The standard InChI is InChI=1S/C24H18ClF3N4O4S/c25-16-3-2-14(18(9-16)24(26,27)28)11-31-19-4-1-13(7-15(19)10-29-31)8-20-21(33)32(23(36)37-20)17-5-6-30(12-17)22(34)35/h1-4,7-10,17H,5-6,11-12H2,(H,34,35)/t17-/m1/s1. The number of nitrogens with zero attached hydrogens (tertiary/aromatic N) is 4. The number of likely N-dealkylation sites (tertiary alicyclic amines) is 1. The molecule has 1 aromatic heterocycles. The Bertz CT molecular complexity index is 1470. The zero-order valence-corrected chi connectivity index (χ0v) is 20.5. The molecule has 0 bridgehead atoms. The van der Waals surface area contributed by atoms with Crippen LogP contribution in [0.5, 0.6) is 0 Å². The van der Waals surface area contributed by atoms with E-state index in [2.05, 4.69) is 5.10 Å². The van der Waals surface area contributed by atoms with Gasteiger partial charge < -0.3 is 10.0 Å². The van der Waals surface area contributed by atoms with Crippen LogP contribution in [0.4, 0.5) is 22.8 Å². The maximum Gasteiger partial charge on any atom is 0.416 e. The third-order valence-electron chi connectivity index (χ3n) is 6.28. The Labute approximate surface area is 217 Å². The van der Waals surface area contributed by atoms with E-state index in [1.54, 1.807) is 24.3 Å². The molecule has 0 aliphatic carbocycles. The summed E-state index contributed by atoms with van der Waals surface area (Å²) in [4.78, 5) is 39.1. The largest absolute Gasteiger partial charge is 0.465 e. The number of thioether (sulfide) groups is 1. The summed E-state index contributed by atoms with van der Waals surface area (Å²) in [6.07, 6.45) is -2.20. The first-order valence-corrected chi connectivity index (χ1v) is 12.3. The number of rotatable bonds is 4. The van der Waals surface area contributed by atoms with E-state index in [0.717, 1.165) is 22.7 Å². The molecule has 2 saturated heterocycles. The van der Waals surface area contributed by atoms with Gasteiger partial charge in [0.05, 0.1) is 34.8 Å². The summed E-state index contributed by atoms with van der Waals surface area (Å²) in [5, 5.41) is 13.6. The normalized spacial score (nSPS) is 19.6. The van der Waals surface area contributed by atoms with Crippen molar-refractivity contribution >= 4 is 57.6 Å². The molecule has 8 nitrogen and oxygen atoms in total. The number of halogens is 4. The first kappa shape index (κ1) is 25.2. The molecule has 3 aromatic rings. The number of carbonyl (C=O) groups excluding carboxylic acids is 2. The van der Waals surface area contributed by atoms with Crippen LogP contribution in [-0.4, -0.2) is 61.1 Å². The molecule has 2 fully saturated rings. The lowest BCUT2D eigenvalue weighted by Crippen LogP contribution is -2.41. The Balaban J connectivity index is 1.37. The predicted octanol–water partition coefficient (Wildman–Crippen LogP) is 5.55. The number of aromatic nitrogens is 2. The van der Waals surface area contributed by atoms with E-state index in [4.69, 9.17) is 16.7 Å². The lowest BCUT2D eigenvalue weighted by Gasteiger charge is -2.20. The number of hydrogen-bond donors (Lipinski definition) is 1. The quantitative estimate of drug-likeness (QED) is 0.428. The van der Waals surface area contributed by atoms with Gasteiger partial charge in [-0.1, -0.05) is 23.7 Å². The first-order valence-electron chi connectivity index (χ1n) is 11.1. The Kier molecular flexibility index (Phi) is 6.40. The molecule has 2 aliphatic heterocycles. The molecule has 2 aromatic carbocycles. The van der Waals surface area contributed by atoms with Crippen LogP contribution in [0.15, 0.2) is 47.5 Å². The molecule has 0 saturated carbocycles. The van der Waals surface area contributed by atoms with E-state index in [1.165, 1.54) is 27.9 Å². The first-order chi connectivity index (χ1) is 17.5. The molecular formula is C24H18ClF3N4O4S. The van der Waals surface area contributed by atoms with Crippen LogP contribution in [0.1, 0.15) is 23.1 Å². The molecule has 3 amide bonds. The number of carbonyl (C=O) groups is 3. The molecule has 2 aliphatic rings. The number of fused-ring (bicyclic) bond motifs is 1. The average molecular weight is 551 g/mol. The van der Waals surface area contributed by atoms with Crippen LogP contribution in [0, 0.1) is 0 Å². The van der Waals surface area contributed by atoms with Crippen molar-refractivity contribution in [3.05, 3.63) is 69.2 Å². The van der Waals surface area contributed by atoms with Crippen molar-refractivity contribution in [1.82, 2.24) is 19.6 Å². The van der Waals surface area contributed by atoms with E-state index < -0.39 is 35.0 Å². The number of imide groups is 1. The van der Waals surface area contributed by atoms with Gasteiger partial charge in [-0.05, 0) is 59.7 Å². The second kappa shape index (κ2) is 9.42. The lowest BCUT2D eigenvalue weighted by molar-refractivity contribution is -0.138. The van der Waals surface area contributed by atoms with Crippen LogP contribution >= 0.6 is 23.4 Å². The lowest BCUT2D eigenvalue weighted by atomic mass is 10.1. The minimum Gasteiger partial charge on any atom is -0.465 e. The second-order valence-corrected chi connectivity index (χ2v) is 10.1. The van der Waals surface area contributed by atoms with Gasteiger partial charge in [-0.2, -0.15) is 18.3 Å². The van der Waals surface area contributed by atoms with Gasteiger partial charge in [0.1, 0.15) is 0 Å². The number of alkyl halides is 3. The Morgan fingerprint density at radius 2 is 2.00 bits per heavy atom. The van der Waals surface area contributed by atoms with Gasteiger partial charge in [0.2, 0.25) is 0 Å². The van der Waals surface area contributed by atoms with E-state index in [9.17, 15) is 27.6 Å². The highest BCUT2D eigenvalue weighted by Gasteiger charge is 2.43. The summed E-state index contributed by atoms with van der Waals surface area (Å²) in [7, 11) is 0. The Morgan fingerprint density at radius 1 is 1.22 bits per heavy atom. The van der Waals surface area contributed by atoms with Crippen molar-refractivity contribution in [2.24, 2.45) is 0 Å². The molecule has 13 heteroatoms. The van der Waals surface area contributed by atoms with E-state index >= 15 is 0 Å². The summed E-state index contributed by atoms with van der Waals surface area (Å²) in [6.45, 7) is 0.208. The maximum atomic E-state index is 13.5. The SMILES string of the molecule is O=C(O)N1CC[C@@H](N2C(=O)SC(=Cc3ccc4c(cnn4Cc4ccc(Cl)cc4C(F)(F)F)c3)C2=O)C1. The Morgan fingerprint density at radius 3 is 2.70 bits per heavy atom. The fraction of sp³-hybridized carbons (Fsp3) is 0.250. The van der Waals surface area contributed by atoms with E-state index in [1.807, 2.05) is 0 Å². The molecule has 0 radical (unpaired) electrons. The Hall–Kier alpha value is -3.51. The highest BCUT2D eigenvalue weighted by molar-refractivity contribution is 8.18. The van der Waals surface area contributed by atoms with E-state index in [0.29, 0.717) is 22.9 Å². The van der Waals surface area contributed by atoms with Gasteiger partial charge in [-0.15, -0.1) is 0 Å². The molecule has 0 unspecified atom stereocenters. The van der Waals surface area contributed by atoms with Crippen LogP contribution in [0.25, 0.3) is 17.0 Å². The van der Waals surface area contributed by atoms with Gasteiger partial charge in [-0.3, -0.25) is 19.2 Å². The number of amides is 3. The zero-order chi connectivity index (χ0) is 26.5. The minimum absolute atomic E-state index is 0.0115. The molecule has 0 spiro atoms. The van der Waals surface area contributed by atoms with Crippen LogP contribution < -0.4 is 0 Å². The van der Waals surface area contributed by atoms with Crippen molar-refractivity contribution in [3.8, 4) is 0 Å². The monoisotopic (exact) mass is 550 g/mol. The van der Waals surface area contributed by atoms with E-state index in [-0.39, 0.29) is 35.1 Å². The molecule has 1 atom stereocenters. The molecule has 37 heavy (non-hydrogen) atoms. The van der Waals surface area contributed by atoms with Crippen molar-refractivity contribution < 1.29 is 32.7 Å². The van der Waals surface area contributed by atoms with Gasteiger partial charge in [0, 0.05) is 23.5 Å². The predicted molar refractivity (Wildman–Crippen MR) is 131 cm³/mol. The van der Waals surface area contributed by atoms with Crippen molar-refractivity contribution in [2.75, 3.05) is 13.1 Å². The topological polar surface area (TPSA) is 95.7 Å². The average Bonchev–Trinajstić information content (AvgIpc) is 3.53. The maximum absolute atomic E-state index is 13.5. The third-order valence-corrected chi connectivity index (χ3v) is 7.40. The number of hydrogen-bond acceptors (Lipinski definition) is 5. The number of carboxylic acid groups (broad SMARTS) is 1. The molecular weight excluding hydrogens is 533 g/mol. The smallest absolute Gasteiger partial charge is 0.416 e. The van der Waals surface area contributed by atoms with Crippen molar-refractivity contribution in [1.29, 1.82) is 0 Å². The van der Waals surface area contributed by atoms with Crippen LogP contribution in [0.2, 0.25) is 5.02 Å². The van der Waals surface area contributed by atoms with Gasteiger partial charge in [0.25, 0.3) is 11.1 Å². The fourth-order valence-electron chi connectivity index (χ4n) is 4.51. The number of benzene rings is 2. The second-order valence-electron chi connectivity index (χ2n) is 8.64. The van der Waals surface area contributed by atoms with Crippen LogP contribution in [-0.2, 0) is 17.5 Å². The van der Waals surface area contributed by atoms with Gasteiger partial charge in [0.15, 0.2) is 0 Å². The minimum atomic E-state index is -4.57. The van der Waals surface area contributed by atoms with Gasteiger partial charge in [-0.25, -0.2) is 4.79 Å². The highest BCUT2D eigenvalue weighted by atomic mass is 35.5. The molecule has 3 heterocycles. The molecule has 1 N–H and O–H groups in total. The summed E-state index contributed by atoms with van der Waals surface area (Å²) in [5.74, 6) is -0.481. The summed E-state index contributed by atoms with van der Waals surface area (Å²) < 4.78 is 41.9. The van der Waals surface area contributed by atoms with Crippen molar-refractivity contribution in [3.63, 3.8) is 0 Å². The summed E-state index contributed by atoms with van der Waals surface area (Å²) in [5.41, 5.74) is 0.393. The molecule has 5 rings (SSSR count). The van der Waals surface area contributed by atoms with Crippen molar-refractivity contribution in [2.45, 2.75) is 25.2 Å². The summed E-state index contributed by atoms with van der Waals surface area (Å²) >= 11 is 6.55. The highest BCUT2D eigenvalue weighted by Crippen LogP contribution is 2.37. The zero-order valence-electron chi connectivity index (χ0n) is 18.9. The van der Waals surface area contributed by atoms with Crippen LogP contribution in [0.3, 0.4) is 0 Å². The molecule has 192 valence electrons. The fourth-order valence-corrected chi connectivity index (χ4v) is 5.58. The summed E-state index contributed by atoms with van der Waals surface area (Å²) in [6, 6.07) is 8.19. The third kappa shape index (κ3) is 4.90. The van der Waals surface area contributed by atoms with Gasteiger partial charge >= 0.3 is 12.3 Å².